The molecule has 0 aromatic rings. The molecule has 0 amide bonds. The Morgan fingerprint density at radius 2 is 0.647 bits per heavy atom. The molecule has 0 saturated carbocycles. The van der Waals surface area contributed by atoms with E-state index in [-0.39, 0.29) is 31.1 Å². The smallest absolute Gasteiger partial charge is 0.306 e. The van der Waals surface area contributed by atoms with E-state index in [2.05, 4.69) is 34.6 Å². The molecule has 0 N–H and O–H groups in total. The predicted octanol–water partition coefficient (Wildman–Crippen LogP) is 13.8. The third-order valence-electron chi connectivity index (χ3n) is 9.97. The molecule has 0 radical (unpaired) electrons. The van der Waals surface area contributed by atoms with E-state index in [0.717, 1.165) is 69.6 Å². The molecule has 6 heteroatoms. The topological polar surface area (TPSA) is 78.9 Å². The SMILES string of the molecule is CCCCCCCCCCCCC(=O)O[C@@H](COC(=O)CCCCCCCCCCCCCC(C)C)COC(=O)CCCCCCCCC(C)C. The van der Waals surface area contributed by atoms with Crippen LogP contribution in [0.5, 0.6) is 0 Å². The van der Waals surface area contributed by atoms with Gasteiger partial charge in [0.05, 0.1) is 0 Å². The van der Waals surface area contributed by atoms with Gasteiger partial charge in [-0.2, -0.15) is 0 Å². The van der Waals surface area contributed by atoms with Gasteiger partial charge in [-0.15, -0.1) is 0 Å². The van der Waals surface area contributed by atoms with Crippen LogP contribution in [0.3, 0.4) is 0 Å². The summed E-state index contributed by atoms with van der Waals surface area (Å²) in [5.41, 5.74) is 0. The molecule has 0 saturated heterocycles. The van der Waals surface area contributed by atoms with Crippen molar-refractivity contribution >= 4 is 17.9 Å². The van der Waals surface area contributed by atoms with Crippen molar-refractivity contribution in [2.75, 3.05) is 13.2 Å². The van der Waals surface area contributed by atoms with Crippen LogP contribution >= 0.6 is 0 Å². The first-order valence-corrected chi connectivity index (χ1v) is 22.2. The van der Waals surface area contributed by atoms with Gasteiger partial charge in [-0.3, -0.25) is 14.4 Å². The van der Waals surface area contributed by atoms with Crippen molar-refractivity contribution in [3.63, 3.8) is 0 Å². The molecule has 0 aliphatic carbocycles. The third-order valence-corrected chi connectivity index (χ3v) is 9.97. The second-order valence-electron chi connectivity index (χ2n) is 16.3. The number of esters is 3. The van der Waals surface area contributed by atoms with Crippen molar-refractivity contribution in [1.29, 1.82) is 0 Å². The minimum atomic E-state index is -0.760. The third kappa shape index (κ3) is 39.5. The van der Waals surface area contributed by atoms with E-state index < -0.39 is 6.10 Å². The van der Waals surface area contributed by atoms with Gasteiger partial charge in [-0.1, -0.05) is 202 Å². The summed E-state index contributed by atoms with van der Waals surface area (Å²) < 4.78 is 16.7. The summed E-state index contributed by atoms with van der Waals surface area (Å²) in [5, 5.41) is 0. The molecule has 0 heterocycles. The van der Waals surface area contributed by atoms with E-state index in [1.807, 2.05) is 0 Å². The van der Waals surface area contributed by atoms with Gasteiger partial charge in [0, 0.05) is 19.3 Å². The lowest BCUT2D eigenvalue weighted by Crippen LogP contribution is -2.30. The van der Waals surface area contributed by atoms with E-state index in [0.29, 0.717) is 19.3 Å². The molecule has 302 valence electrons. The first kappa shape index (κ1) is 49.4. The van der Waals surface area contributed by atoms with Gasteiger partial charge in [0.1, 0.15) is 13.2 Å². The molecule has 51 heavy (non-hydrogen) atoms. The zero-order valence-electron chi connectivity index (χ0n) is 34.7. The molecular formula is C45H86O6. The number of carbonyl (C=O) groups is 3. The number of hydrogen-bond donors (Lipinski definition) is 0. The van der Waals surface area contributed by atoms with Gasteiger partial charge in [-0.25, -0.2) is 0 Å². The van der Waals surface area contributed by atoms with Gasteiger partial charge in [0.25, 0.3) is 0 Å². The zero-order chi connectivity index (χ0) is 37.6. The highest BCUT2D eigenvalue weighted by molar-refractivity contribution is 5.71. The maximum Gasteiger partial charge on any atom is 0.306 e. The van der Waals surface area contributed by atoms with Crippen LogP contribution in [0.15, 0.2) is 0 Å². The Bertz CT molecular complexity index is 779. The Morgan fingerprint density at radius 3 is 0.961 bits per heavy atom. The Morgan fingerprint density at radius 1 is 0.373 bits per heavy atom. The summed E-state index contributed by atoms with van der Waals surface area (Å²) in [4.78, 5) is 37.6. The number of hydrogen-bond acceptors (Lipinski definition) is 6. The Labute approximate surface area is 317 Å². The van der Waals surface area contributed by atoms with E-state index in [9.17, 15) is 14.4 Å². The summed E-state index contributed by atoms with van der Waals surface area (Å²) in [5.74, 6) is 0.726. The highest BCUT2D eigenvalue weighted by Gasteiger charge is 2.19. The summed E-state index contributed by atoms with van der Waals surface area (Å²) in [6.45, 7) is 11.2. The number of carbonyl (C=O) groups excluding carboxylic acids is 3. The maximum atomic E-state index is 12.7. The van der Waals surface area contributed by atoms with Crippen molar-refractivity contribution in [1.82, 2.24) is 0 Å². The van der Waals surface area contributed by atoms with Crippen LogP contribution in [0.4, 0.5) is 0 Å². The maximum absolute atomic E-state index is 12.7. The van der Waals surface area contributed by atoms with E-state index in [1.165, 1.54) is 128 Å². The number of unbranched alkanes of at least 4 members (excludes halogenated alkanes) is 24. The van der Waals surface area contributed by atoms with Crippen molar-refractivity contribution in [3.8, 4) is 0 Å². The molecular weight excluding hydrogens is 636 g/mol. The fourth-order valence-electron chi connectivity index (χ4n) is 6.58. The highest BCUT2D eigenvalue weighted by atomic mass is 16.6. The predicted molar refractivity (Wildman–Crippen MR) is 215 cm³/mol. The fraction of sp³-hybridized carbons (Fsp3) is 0.933. The van der Waals surface area contributed by atoms with Crippen molar-refractivity contribution in [2.24, 2.45) is 11.8 Å². The lowest BCUT2D eigenvalue weighted by Gasteiger charge is -2.18. The fourth-order valence-corrected chi connectivity index (χ4v) is 6.58. The molecule has 0 bridgehead atoms. The molecule has 0 rings (SSSR count). The zero-order valence-corrected chi connectivity index (χ0v) is 34.7. The largest absolute Gasteiger partial charge is 0.462 e. The van der Waals surface area contributed by atoms with Crippen LogP contribution in [0.1, 0.15) is 240 Å². The molecule has 6 nitrogen and oxygen atoms in total. The average molecular weight is 723 g/mol. The molecule has 0 unspecified atom stereocenters. The minimum Gasteiger partial charge on any atom is -0.462 e. The van der Waals surface area contributed by atoms with E-state index in [4.69, 9.17) is 14.2 Å². The van der Waals surface area contributed by atoms with E-state index >= 15 is 0 Å². The Hall–Kier alpha value is -1.59. The van der Waals surface area contributed by atoms with Crippen molar-refractivity contribution in [2.45, 2.75) is 246 Å². The average Bonchev–Trinajstić information content (AvgIpc) is 3.09. The molecule has 1 atom stereocenters. The van der Waals surface area contributed by atoms with Crippen molar-refractivity contribution < 1.29 is 28.6 Å². The van der Waals surface area contributed by atoms with E-state index in [1.54, 1.807) is 0 Å². The first-order valence-electron chi connectivity index (χ1n) is 22.2. The van der Waals surface area contributed by atoms with Crippen LogP contribution in [0.25, 0.3) is 0 Å². The van der Waals surface area contributed by atoms with Crippen LogP contribution < -0.4 is 0 Å². The summed E-state index contributed by atoms with van der Waals surface area (Å²) in [6, 6.07) is 0. The number of ether oxygens (including phenoxy) is 3. The number of rotatable bonds is 39. The van der Waals surface area contributed by atoms with Crippen LogP contribution in [-0.4, -0.2) is 37.2 Å². The Balaban J connectivity index is 4.30. The summed E-state index contributed by atoms with van der Waals surface area (Å²) in [6.07, 6.45) is 35.3. The highest BCUT2D eigenvalue weighted by Crippen LogP contribution is 2.16. The van der Waals surface area contributed by atoms with Gasteiger partial charge < -0.3 is 14.2 Å². The van der Waals surface area contributed by atoms with Crippen LogP contribution in [0, 0.1) is 11.8 Å². The first-order chi connectivity index (χ1) is 24.7. The van der Waals surface area contributed by atoms with Gasteiger partial charge in [0.2, 0.25) is 0 Å². The van der Waals surface area contributed by atoms with Crippen LogP contribution in [-0.2, 0) is 28.6 Å². The lowest BCUT2D eigenvalue weighted by molar-refractivity contribution is -0.167. The van der Waals surface area contributed by atoms with Gasteiger partial charge in [0.15, 0.2) is 6.10 Å². The summed E-state index contributed by atoms with van der Waals surface area (Å²) in [7, 11) is 0. The molecule has 0 spiro atoms. The molecule has 0 fully saturated rings. The van der Waals surface area contributed by atoms with Gasteiger partial charge >= 0.3 is 17.9 Å². The standard InChI is InChI=1S/C45H86O6/c1-6-7-8-9-10-11-16-20-27-32-37-45(48)51-42(39-50-44(47)36-31-26-22-21-24-29-34-41(4)5)38-49-43(46)35-30-25-19-17-14-12-13-15-18-23-28-33-40(2)3/h40-42H,6-39H2,1-5H3/t42-/m0/s1. The molecule has 0 aliphatic rings. The quantitative estimate of drug-likeness (QED) is 0.0357. The molecule has 0 aromatic heterocycles. The Kier molecular flexibility index (Phi) is 37.0. The second kappa shape index (κ2) is 38.1. The summed E-state index contributed by atoms with van der Waals surface area (Å²) >= 11 is 0. The van der Waals surface area contributed by atoms with Crippen LogP contribution in [0.2, 0.25) is 0 Å². The molecule has 0 aliphatic heterocycles. The van der Waals surface area contributed by atoms with Gasteiger partial charge in [-0.05, 0) is 31.1 Å². The monoisotopic (exact) mass is 723 g/mol. The second-order valence-corrected chi connectivity index (χ2v) is 16.3. The minimum absolute atomic E-state index is 0.0657. The lowest BCUT2D eigenvalue weighted by atomic mass is 10.0. The van der Waals surface area contributed by atoms with Crippen molar-refractivity contribution in [3.05, 3.63) is 0 Å². The molecule has 0 aromatic carbocycles. The normalized spacial score (nSPS) is 12.1.